The lowest BCUT2D eigenvalue weighted by Crippen LogP contribution is -2.34. The van der Waals surface area contributed by atoms with Crippen molar-refractivity contribution in [1.29, 1.82) is 0 Å². The van der Waals surface area contributed by atoms with E-state index in [1.807, 2.05) is 0 Å². The molecule has 31 heavy (non-hydrogen) atoms. The quantitative estimate of drug-likeness (QED) is 0.544. The first-order valence-corrected chi connectivity index (χ1v) is 9.22. The number of amides is 1. The van der Waals surface area contributed by atoms with Gasteiger partial charge in [-0.3, -0.25) is 4.79 Å². The Morgan fingerprint density at radius 1 is 1.03 bits per heavy atom. The normalized spacial score (nSPS) is 12.7. The van der Waals surface area contributed by atoms with E-state index in [1.54, 1.807) is 36.4 Å². The summed E-state index contributed by atoms with van der Waals surface area (Å²) in [6.45, 7) is -0.426. The molecule has 0 spiro atoms. The molecular formula is C21H18F5N3O2. The second kappa shape index (κ2) is 9.25. The molecule has 1 amide bonds. The maximum Gasteiger partial charge on any atom is 0.436 e. The number of hydrogen-bond acceptors (Lipinski definition) is 3. The number of aliphatic hydroxyl groups is 1. The Bertz CT molecular complexity index is 1020. The van der Waals surface area contributed by atoms with Crippen LogP contribution in [0, 0.1) is 0 Å². The summed E-state index contributed by atoms with van der Waals surface area (Å²) >= 11 is 0. The molecule has 0 unspecified atom stereocenters. The van der Waals surface area contributed by atoms with Gasteiger partial charge in [-0.25, -0.2) is 13.5 Å². The van der Waals surface area contributed by atoms with Crippen LogP contribution in [0.5, 0.6) is 0 Å². The van der Waals surface area contributed by atoms with Crippen molar-refractivity contribution in [3.05, 3.63) is 83.2 Å². The van der Waals surface area contributed by atoms with Crippen molar-refractivity contribution >= 4 is 5.91 Å². The van der Waals surface area contributed by atoms with E-state index in [4.69, 9.17) is 0 Å². The van der Waals surface area contributed by atoms with Gasteiger partial charge in [-0.1, -0.05) is 48.5 Å². The Hall–Kier alpha value is -3.27. The van der Waals surface area contributed by atoms with E-state index < -0.39 is 48.1 Å². The van der Waals surface area contributed by atoms with Gasteiger partial charge in [-0.15, -0.1) is 0 Å². The average Bonchev–Trinajstić information content (AvgIpc) is 3.15. The van der Waals surface area contributed by atoms with E-state index in [9.17, 15) is 31.9 Å². The highest BCUT2D eigenvalue weighted by Crippen LogP contribution is 2.37. The SMILES string of the molecule is O=C(NC[C@@H](O)Cc1ccccc1)c1c(C(F)(F)F)nn(-c2ccccc2)c1C(F)F. The summed E-state index contributed by atoms with van der Waals surface area (Å²) in [5.41, 5.74) is -3.47. The maximum absolute atomic E-state index is 13.8. The summed E-state index contributed by atoms with van der Waals surface area (Å²) in [4.78, 5) is 12.5. The number of aliphatic hydroxyl groups excluding tert-OH is 1. The molecule has 0 saturated carbocycles. The summed E-state index contributed by atoms with van der Waals surface area (Å²) < 4.78 is 68.5. The highest BCUT2D eigenvalue weighted by molar-refractivity contribution is 5.97. The summed E-state index contributed by atoms with van der Waals surface area (Å²) in [5.74, 6) is -1.39. The van der Waals surface area contributed by atoms with Gasteiger partial charge in [0, 0.05) is 13.0 Å². The van der Waals surface area contributed by atoms with E-state index in [0.29, 0.717) is 4.68 Å². The van der Waals surface area contributed by atoms with Crippen LogP contribution < -0.4 is 5.32 Å². The van der Waals surface area contributed by atoms with Gasteiger partial charge in [-0.2, -0.15) is 18.3 Å². The van der Waals surface area contributed by atoms with Crippen molar-refractivity contribution < 1.29 is 31.9 Å². The molecule has 1 heterocycles. The number of rotatable bonds is 7. The molecule has 10 heteroatoms. The fourth-order valence-corrected chi connectivity index (χ4v) is 3.08. The van der Waals surface area contributed by atoms with Crippen molar-refractivity contribution in [1.82, 2.24) is 15.1 Å². The van der Waals surface area contributed by atoms with Crippen LogP contribution in [0.15, 0.2) is 60.7 Å². The largest absolute Gasteiger partial charge is 0.436 e. The standard InChI is InChI=1S/C21H18F5N3O2/c22-19(23)17-16(20(31)27-12-15(30)11-13-7-3-1-4-8-13)18(21(24,25)26)28-29(17)14-9-5-2-6-10-14/h1-10,15,19,30H,11-12H2,(H,27,31)/t15-/m0/s1. The summed E-state index contributed by atoms with van der Waals surface area (Å²) in [7, 11) is 0. The van der Waals surface area contributed by atoms with Crippen LogP contribution in [0.4, 0.5) is 22.0 Å². The van der Waals surface area contributed by atoms with Crippen molar-refractivity contribution in [3.63, 3.8) is 0 Å². The highest BCUT2D eigenvalue weighted by atomic mass is 19.4. The third-order valence-electron chi connectivity index (χ3n) is 4.44. The minimum atomic E-state index is -5.14. The Balaban J connectivity index is 1.91. The van der Waals surface area contributed by atoms with Crippen LogP contribution in [-0.2, 0) is 12.6 Å². The molecule has 1 atom stereocenters. The van der Waals surface area contributed by atoms with Gasteiger partial charge in [0.25, 0.3) is 12.3 Å². The van der Waals surface area contributed by atoms with Crippen LogP contribution >= 0.6 is 0 Å². The van der Waals surface area contributed by atoms with Crippen LogP contribution in [0.1, 0.15) is 33.7 Å². The molecular weight excluding hydrogens is 421 g/mol. The molecule has 2 N–H and O–H groups in total. The maximum atomic E-state index is 13.8. The van der Waals surface area contributed by atoms with Crippen molar-refractivity contribution in [2.75, 3.05) is 6.54 Å². The molecule has 2 aromatic carbocycles. The Labute approximate surface area is 174 Å². The molecule has 0 aliphatic rings. The van der Waals surface area contributed by atoms with E-state index in [2.05, 4.69) is 10.4 Å². The second-order valence-electron chi connectivity index (χ2n) is 6.71. The molecule has 0 bridgehead atoms. The number of nitrogens with one attached hydrogen (secondary N) is 1. The smallest absolute Gasteiger partial charge is 0.391 e. The number of carbonyl (C=O) groups excluding carboxylic acids is 1. The fraction of sp³-hybridized carbons (Fsp3) is 0.238. The Morgan fingerprint density at radius 3 is 2.16 bits per heavy atom. The molecule has 3 aromatic rings. The van der Waals surface area contributed by atoms with Crippen LogP contribution in [-0.4, -0.2) is 33.4 Å². The number of aromatic nitrogens is 2. The first-order chi connectivity index (χ1) is 14.7. The number of benzene rings is 2. The lowest BCUT2D eigenvalue weighted by molar-refractivity contribution is -0.141. The molecule has 1 aromatic heterocycles. The van der Waals surface area contributed by atoms with E-state index in [1.165, 1.54) is 24.3 Å². The summed E-state index contributed by atoms with van der Waals surface area (Å²) in [6.07, 6.45) is -9.55. The predicted octanol–water partition coefficient (Wildman–Crippen LogP) is 4.16. The van der Waals surface area contributed by atoms with Crippen LogP contribution in [0.3, 0.4) is 0 Å². The molecule has 0 aliphatic carbocycles. The summed E-state index contributed by atoms with van der Waals surface area (Å²) in [5, 5.41) is 15.5. The third kappa shape index (κ3) is 5.26. The van der Waals surface area contributed by atoms with Crippen molar-refractivity contribution in [3.8, 4) is 5.69 Å². The molecule has 0 radical (unpaired) electrons. The minimum absolute atomic E-state index is 0.0496. The lowest BCUT2D eigenvalue weighted by Gasteiger charge is -2.13. The van der Waals surface area contributed by atoms with E-state index in [0.717, 1.165) is 5.56 Å². The van der Waals surface area contributed by atoms with Gasteiger partial charge in [0.1, 0.15) is 5.69 Å². The average molecular weight is 439 g/mol. The van der Waals surface area contributed by atoms with Crippen LogP contribution in [0.2, 0.25) is 0 Å². The van der Waals surface area contributed by atoms with Gasteiger partial charge in [0.2, 0.25) is 0 Å². The molecule has 5 nitrogen and oxygen atoms in total. The number of hydrogen-bond donors (Lipinski definition) is 2. The van der Waals surface area contributed by atoms with Gasteiger partial charge in [-0.05, 0) is 17.7 Å². The number of halogens is 5. The highest BCUT2D eigenvalue weighted by Gasteiger charge is 2.43. The molecule has 3 rings (SSSR count). The van der Waals surface area contributed by atoms with Crippen molar-refractivity contribution in [2.45, 2.75) is 25.1 Å². The molecule has 0 fully saturated rings. The zero-order chi connectivity index (χ0) is 22.6. The summed E-state index contributed by atoms with van der Waals surface area (Å²) in [6, 6.07) is 15.7. The number of carbonyl (C=O) groups is 1. The third-order valence-corrected chi connectivity index (χ3v) is 4.44. The molecule has 0 aliphatic heterocycles. The van der Waals surface area contributed by atoms with Gasteiger partial charge in [0.15, 0.2) is 5.69 Å². The van der Waals surface area contributed by atoms with Crippen LogP contribution in [0.25, 0.3) is 5.69 Å². The zero-order valence-corrected chi connectivity index (χ0v) is 16.0. The first kappa shape index (κ1) is 22.4. The van der Waals surface area contributed by atoms with Gasteiger partial charge < -0.3 is 10.4 Å². The molecule has 164 valence electrons. The van der Waals surface area contributed by atoms with Crippen molar-refractivity contribution in [2.24, 2.45) is 0 Å². The van der Waals surface area contributed by atoms with E-state index >= 15 is 0 Å². The van der Waals surface area contributed by atoms with Gasteiger partial charge in [0.05, 0.1) is 17.4 Å². The monoisotopic (exact) mass is 439 g/mol. The fourth-order valence-electron chi connectivity index (χ4n) is 3.08. The second-order valence-corrected chi connectivity index (χ2v) is 6.71. The minimum Gasteiger partial charge on any atom is -0.391 e. The Kier molecular flexibility index (Phi) is 6.69. The first-order valence-electron chi connectivity index (χ1n) is 9.22. The number of para-hydroxylation sites is 1. The lowest BCUT2D eigenvalue weighted by atomic mass is 10.1. The number of alkyl halides is 5. The number of nitrogens with zero attached hydrogens (tertiary/aromatic N) is 2. The predicted molar refractivity (Wildman–Crippen MR) is 102 cm³/mol. The molecule has 0 saturated heterocycles. The Morgan fingerprint density at radius 2 is 1.61 bits per heavy atom. The van der Waals surface area contributed by atoms with Gasteiger partial charge >= 0.3 is 6.18 Å². The zero-order valence-electron chi connectivity index (χ0n) is 16.0. The topological polar surface area (TPSA) is 67.2 Å². The van der Waals surface area contributed by atoms with E-state index in [-0.39, 0.29) is 12.1 Å².